The minimum absolute atomic E-state index is 0.0519. The van der Waals surface area contributed by atoms with Crippen molar-refractivity contribution < 1.29 is 32.5 Å². The molecule has 0 saturated carbocycles. The molecule has 4 aromatic rings. The van der Waals surface area contributed by atoms with Gasteiger partial charge in [-0.25, -0.2) is 0 Å². The summed E-state index contributed by atoms with van der Waals surface area (Å²) in [5, 5.41) is 12.5. The van der Waals surface area contributed by atoms with Gasteiger partial charge in [-0.1, -0.05) is 48.5 Å². The Bertz CT molecular complexity index is 1360. The lowest BCUT2D eigenvalue weighted by Gasteiger charge is -2.20. The minimum Gasteiger partial charge on any atom is -0.548 e. The van der Waals surface area contributed by atoms with Crippen molar-refractivity contribution in [3.8, 4) is 27.0 Å². The maximum absolute atomic E-state index is 14.1. The quantitative estimate of drug-likeness (QED) is 0.314. The number of hydrogen-bond donors (Lipinski definition) is 1. The highest BCUT2D eigenvalue weighted by molar-refractivity contribution is 7.39. The Morgan fingerprint density at radius 2 is 1.76 bits per heavy atom. The fraction of sp³-hybridized carbons (Fsp3) is 0.185. The van der Waals surface area contributed by atoms with Crippen LogP contribution in [0.1, 0.15) is 17.2 Å². The van der Waals surface area contributed by atoms with Crippen LogP contribution in [0.5, 0.6) is 10.9 Å². The van der Waals surface area contributed by atoms with Gasteiger partial charge >= 0.3 is 11.4 Å². The molecule has 6 nitrogen and oxygen atoms in total. The van der Waals surface area contributed by atoms with Crippen LogP contribution < -0.4 is 20.3 Å². The van der Waals surface area contributed by atoms with Crippen LogP contribution in [0.25, 0.3) is 16.0 Å². The molecule has 10 heteroatoms. The van der Waals surface area contributed by atoms with Crippen LogP contribution in [-0.4, -0.2) is 30.3 Å². The number of carbonyl (C=O) groups is 1. The number of ether oxygens (including phenoxy) is 2. The molecular formula is C27H23F3N2O4S. The van der Waals surface area contributed by atoms with Crippen LogP contribution in [0.2, 0.25) is 0 Å². The van der Waals surface area contributed by atoms with Crippen molar-refractivity contribution in [1.82, 2.24) is 4.98 Å². The summed E-state index contributed by atoms with van der Waals surface area (Å²) in [4.78, 5) is 15.6. The third-order valence-electron chi connectivity index (χ3n) is 5.63. The van der Waals surface area contributed by atoms with E-state index in [1.54, 1.807) is 67.1 Å². The van der Waals surface area contributed by atoms with E-state index >= 15 is 0 Å². The number of thiazole rings is 1. The van der Waals surface area contributed by atoms with E-state index in [9.17, 15) is 23.1 Å². The molecule has 0 aliphatic carbocycles. The molecular weight excluding hydrogens is 505 g/mol. The van der Waals surface area contributed by atoms with Crippen molar-refractivity contribution in [2.75, 3.05) is 7.11 Å². The van der Waals surface area contributed by atoms with E-state index in [0.717, 1.165) is 11.1 Å². The molecule has 0 radical (unpaired) electrons. The van der Waals surface area contributed by atoms with Crippen LogP contribution in [0.15, 0.2) is 84.4 Å². The number of aliphatic carboxylic acids is 1. The van der Waals surface area contributed by atoms with E-state index in [1.165, 1.54) is 18.3 Å². The van der Waals surface area contributed by atoms with E-state index < -0.39 is 34.8 Å². The number of aromatic nitrogens is 1. The Morgan fingerprint density at radius 1 is 1.05 bits per heavy atom. The van der Waals surface area contributed by atoms with Crippen molar-refractivity contribution in [2.24, 2.45) is 5.73 Å². The smallest absolute Gasteiger partial charge is 0.441 e. The zero-order valence-electron chi connectivity index (χ0n) is 19.6. The third-order valence-corrected chi connectivity index (χ3v) is 7.38. The number of halogens is 3. The molecule has 4 rings (SSSR count). The minimum atomic E-state index is -4.68. The average molecular weight is 529 g/mol. The number of benzene rings is 3. The van der Waals surface area contributed by atoms with Gasteiger partial charge in [0.2, 0.25) is 6.10 Å². The molecule has 1 aromatic heterocycles. The number of nitrogens with two attached hydrogens (primary N) is 1. The van der Waals surface area contributed by atoms with Crippen LogP contribution in [0.4, 0.5) is 13.2 Å². The summed E-state index contributed by atoms with van der Waals surface area (Å²) in [6.07, 6.45) is -5.40. The number of rotatable bonds is 9. The van der Waals surface area contributed by atoms with Crippen LogP contribution >= 0.6 is 10.5 Å². The summed E-state index contributed by atoms with van der Waals surface area (Å²) in [5.41, 5.74) is 7.67. The first-order valence-electron chi connectivity index (χ1n) is 11.2. The van der Waals surface area contributed by atoms with Gasteiger partial charge in [0.15, 0.2) is 10.3 Å². The molecule has 37 heavy (non-hydrogen) atoms. The van der Waals surface area contributed by atoms with Crippen molar-refractivity contribution in [3.63, 3.8) is 0 Å². The van der Waals surface area contributed by atoms with Crippen LogP contribution in [-0.2, 0) is 11.2 Å². The lowest BCUT2D eigenvalue weighted by Crippen LogP contribution is -2.43. The lowest BCUT2D eigenvalue weighted by atomic mass is 10.0. The normalized spacial score (nSPS) is 13.6. The van der Waals surface area contributed by atoms with Crippen molar-refractivity contribution in [3.05, 3.63) is 95.5 Å². The number of carboxylic acid groups (broad SMARTS) is 1. The van der Waals surface area contributed by atoms with E-state index in [2.05, 4.69) is 4.98 Å². The maximum atomic E-state index is 14.1. The van der Waals surface area contributed by atoms with Gasteiger partial charge in [-0.15, -0.1) is 0 Å². The number of nitrogens with zero attached hydrogens (tertiary/aromatic N) is 1. The third kappa shape index (κ3) is 6.28. The average Bonchev–Trinajstić information content (AvgIpc) is 3.35. The Balaban J connectivity index is 1.57. The molecule has 0 fully saturated rings. The van der Waals surface area contributed by atoms with Crippen molar-refractivity contribution in [1.29, 1.82) is 0 Å². The number of carbonyl (C=O) groups excluding carboxylic acids is 1. The zero-order chi connectivity index (χ0) is 26.6. The second-order valence-corrected chi connectivity index (χ2v) is 9.95. The number of alkyl halides is 3. The summed E-state index contributed by atoms with van der Waals surface area (Å²) in [5.74, 6) is -0.714. The first kappa shape index (κ1) is 26.2. The van der Waals surface area contributed by atoms with Crippen molar-refractivity contribution >= 4 is 16.4 Å². The predicted octanol–water partition coefficient (Wildman–Crippen LogP) is 4.80. The molecule has 0 spiro atoms. The number of carboxylic acids is 1. The van der Waals surface area contributed by atoms with E-state index in [-0.39, 0.29) is 17.2 Å². The monoisotopic (exact) mass is 528 g/mol. The van der Waals surface area contributed by atoms with E-state index in [0.29, 0.717) is 16.2 Å². The van der Waals surface area contributed by atoms with Gasteiger partial charge in [0.1, 0.15) is 5.75 Å². The molecule has 3 aromatic carbocycles. The molecule has 0 saturated heterocycles. The van der Waals surface area contributed by atoms with Crippen LogP contribution in [0, 0.1) is 0 Å². The largest absolute Gasteiger partial charge is 0.548 e. The lowest BCUT2D eigenvalue weighted by molar-refractivity contribution is -0.307. The molecule has 2 unspecified atom stereocenters. The van der Waals surface area contributed by atoms with Gasteiger partial charge in [0.25, 0.3) is 0 Å². The van der Waals surface area contributed by atoms with E-state index in [1.807, 2.05) is 6.07 Å². The molecule has 0 bridgehead atoms. The summed E-state index contributed by atoms with van der Waals surface area (Å²) in [7, 11) is 0.593. The zero-order valence-corrected chi connectivity index (χ0v) is 20.5. The molecule has 0 amide bonds. The fourth-order valence-electron chi connectivity index (χ4n) is 3.72. The summed E-state index contributed by atoms with van der Waals surface area (Å²) < 4.78 is 52.9. The SMILES string of the molecule is COc1cccc(-c2ccc(C(Oc3ncc[s+]3-c3ccc(C[C@H](N)C(=O)[O-])cc3)C(F)(F)F)cc2)c1. The molecule has 1 heterocycles. The van der Waals surface area contributed by atoms with Gasteiger partial charge in [-0.3, -0.25) is 0 Å². The van der Waals surface area contributed by atoms with Gasteiger partial charge in [-0.2, -0.15) is 18.2 Å². The summed E-state index contributed by atoms with van der Waals surface area (Å²) >= 11 is 0. The Morgan fingerprint density at radius 3 is 2.38 bits per heavy atom. The molecule has 192 valence electrons. The van der Waals surface area contributed by atoms with E-state index in [4.69, 9.17) is 15.2 Å². The fourth-order valence-corrected chi connectivity index (χ4v) is 5.18. The van der Waals surface area contributed by atoms with Gasteiger partial charge < -0.3 is 25.1 Å². The number of hydrogen-bond acceptors (Lipinski definition) is 6. The predicted molar refractivity (Wildman–Crippen MR) is 133 cm³/mol. The molecule has 2 N–H and O–H groups in total. The highest BCUT2D eigenvalue weighted by Gasteiger charge is 2.45. The van der Waals surface area contributed by atoms with Crippen LogP contribution in [0.3, 0.4) is 0 Å². The Kier molecular flexibility index (Phi) is 7.80. The van der Waals surface area contributed by atoms with Crippen molar-refractivity contribution in [2.45, 2.75) is 24.7 Å². The molecule has 0 aliphatic heterocycles. The first-order chi connectivity index (χ1) is 17.7. The Labute approximate surface area is 214 Å². The maximum Gasteiger partial charge on any atom is 0.441 e. The number of methoxy groups -OCH3 is 1. The Hall–Kier alpha value is -3.89. The second kappa shape index (κ2) is 11.0. The summed E-state index contributed by atoms with van der Waals surface area (Å²) in [6, 6.07) is 18.8. The topological polar surface area (TPSA) is 97.5 Å². The second-order valence-electron chi connectivity index (χ2n) is 8.18. The van der Waals surface area contributed by atoms with Gasteiger partial charge in [-0.05, 0) is 47.4 Å². The van der Waals surface area contributed by atoms with Gasteiger partial charge in [0.05, 0.1) is 29.7 Å². The van der Waals surface area contributed by atoms with Gasteiger partial charge in [0, 0.05) is 11.6 Å². The first-order valence-corrected chi connectivity index (χ1v) is 12.4. The molecule has 3 atom stereocenters. The molecule has 0 aliphatic rings. The highest BCUT2D eigenvalue weighted by Crippen LogP contribution is 2.44. The highest BCUT2D eigenvalue weighted by atomic mass is 32.2. The standard InChI is InChI=1S/C27H23F3N2O4S/c1-35-21-4-2-3-20(16-21)18-7-9-19(10-8-18)24(27(28,29)30)36-26-32-13-14-37(26)22-11-5-17(6-12-22)15-23(31)25(33)34/h2-14,16,23-24H,15,31H2,1H3/t23-,24?,37?/m0/s1. The summed E-state index contributed by atoms with van der Waals surface area (Å²) in [6.45, 7) is 0.